The Morgan fingerprint density at radius 3 is 2.58 bits per heavy atom. The number of nitrogens with one attached hydrogen (secondary N) is 1. The lowest BCUT2D eigenvalue weighted by Crippen LogP contribution is -2.43. The van der Waals surface area contributed by atoms with E-state index in [0.29, 0.717) is 0 Å². The summed E-state index contributed by atoms with van der Waals surface area (Å²) in [6, 6.07) is 16.3. The summed E-state index contributed by atoms with van der Waals surface area (Å²) in [6.07, 6.45) is 1.94. The second-order valence-corrected chi connectivity index (χ2v) is 8.09. The lowest BCUT2D eigenvalue weighted by molar-refractivity contribution is 0.590. The summed E-state index contributed by atoms with van der Waals surface area (Å²) >= 11 is 0. The van der Waals surface area contributed by atoms with Gasteiger partial charge in [0, 0.05) is 63.2 Å². The summed E-state index contributed by atoms with van der Waals surface area (Å²) in [7, 11) is 2.71. The molecule has 0 radical (unpaired) electrons. The van der Waals surface area contributed by atoms with Crippen molar-refractivity contribution in [1.82, 2.24) is 9.29 Å². The molecule has 0 amide bonds. The number of hydrogen-bond acceptors (Lipinski definition) is 4. The van der Waals surface area contributed by atoms with Gasteiger partial charge < -0.3 is 15.1 Å². The maximum Gasteiger partial charge on any atom is 0.157 e. The maximum absolute atomic E-state index is 13.2. The van der Waals surface area contributed by atoms with E-state index in [1.54, 1.807) is 0 Å². The van der Waals surface area contributed by atoms with Gasteiger partial charge in [-0.05, 0) is 36.4 Å². The molecule has 1 atom stereocenters. The predicted octanol–water partition coefficient (Wildman–Crippen LogP) is 2.69. The van der Waals surface area contributed by atoms with E-state index in [2.05, 4.69) is 34.5 Å². The topological polar surface area (TPSA) is 40.5 Å². The molecule has 2 heterocycles. The molecule has 0 aliphatic carbocycles. The lowest BCUT2D eigenvalue weighted by atomic mass is 10.2. The van der Waals surface area contributed by atoms with Crippen LogP contribution in [0.25, 0.3) is 10.9 Å². The molecule has 3 aromatic rings. The molecule has 0 saturated carbocycles. The monoisotopic (exact) mass is 368 g/mol. The second-order valence-electron chi connectivity index (χ2n) is 6.73. The van der Waals surface area contributed by atoms with Gasteiger partial charge in [-0.25, -0.2) is 4.21 Å². The number of anilines is 2. The molecule has 1 N–H and O–H groups in total. The molecule has 26 heavy (non-hydrogen) atoms. The van der Waals surface area contributed by atoms with E-state index >= 15 is 0 Å². The van der Waals surface area contributed by atoms with Crippen LogP contribution in [0.15, 0.2) is 59.6 Å². The average Bonchev–Trinajstić information content (AvgIpc) is 3.12. The summed E-state index contributed by atoms with van der Waals surface area (Å²) in [6.45, 7) is 4.00. The van der Waals surface area contributed by atoms with Crippen LogP contribution in [0.3, 0.4) is 0 Å². The van der Waals surface area contributed by atoms with Crippen LogP contribution in [0.1, 0.15) is 0 Å². The third kappa shape index (κ3) is 3.10. The first-order chi connectivity index (χ1) is 12.6. The van der Waals surface area contributed by atoms with Crippen LogP contribution in [0.5, 0.6) is 0 Å². The van der Waals surface area contributed by atoms with Gasteiger partial charge in [0.25, 0.3) is 0 Å². The van der Waals surface area contributed by atoms with Gasteiger partial charge in [-0.15, -0.1) is 0 Å². The molecule has 1 aliphatic heterocycles. The molecule has 1 unspecified atom stereocenters. The molecule has 5 nitrogen and oxygen atoms in total. The van der Waals surface area contributed by atoms with Crippen molar-refractivity contribution in [3.63, 3.8) is 0 Å². The smallest absolute Gasteiger partial charge is 0.157 e. The summed E-state index contributed by atoms with van der Waals surface area (Å²) < 4.78 is 15.1. The molecule has 1 aliphatic rings. The van der Waals surface area contributed by atoms with E-state index in [0.717, 1.165) is 47.7 Å². The fourth-order valence-corrected chi connectivity index (χ4v) is 4.59. The van der Waals surface area contributed by atoms with Gasteiger partial charge in [0.1, 0.15) is 0 Å². The highest BCUT2D eigenvalue weighted by Gasteiger charge is 2.17. The Kier molecular flexibility index (Phi) is 4.70. The average molecular weight is 369 g/mol. The Bertz CT molecular complexity index is 944. The van der Waals surface area contributed by atoms with E-state index in [1.165, 1.54) is 5.69 Å². The molecule has 6 heteroatoms. The predicted molar refractivity (Wildman–Crippen MR) is 110 cm³/mol. The highest BCUT2D eigenvalue weighted by atomic mass is 32.2. The maximum atomic E-state index is 13.2. The van der Waals surface area contributed by atoms with E-state index in [1.807, 2.05) is 53.4 Å². The Balaban J connectivity index is 1.73. The van der Waals surface area contributed by atoms with Crippen molar-refractivity contribution in [2.75, 3.05) is 50.1 Å². The highest BCUT2D eigenvalue weighted by molar-refractivity contribution is 7.83. The number of nitrogens with zero attached hydrogens (tertiary/aromatic N) is 3. The number of piperazine rings is 1. The van der Waals surface area contributed by atoms with Gasteiger partial charge in [0.05, 0.1) is 10.4 Å². The van der Waals surface area contributed by atoms with Gasteiger partial charge in [-0.3, -0.25) is 3.97 Å². The summed E-state index contributed by atoms with van der Waals surface area (Å²) in [5, 5.41) is 4.55. The van der Waals surface area contributed by atoms with Crippen molar-refractivity contribution in [3.05, 3.63) is 54.7 Å². The SMILES string of the molecule is CN(C)c1cccc(S(=O)n2ccc3c(N4CCNCC4)cccc32)c1. The number of rotatable bonds is 4. The minimum absolute atomic E-state index is 0.807. The first kappa shape index (κ1) is 17.1. The zero-order valence-corrected chi connectivity index (χ0v) is 16.0. The van der Waals surface area contributed by atoms with Crippen molar-refractivity contribution in [3.8, 4) is 0 Å². The molecule has 0 bridgehead atoms. The van der Waals surface area contributed by atoms with Gasteiger partial charge in [-0.1, -0.05) is 12.1 Å². The lowest BCUT2D eigenvalue weighted by Gasteiger charge is -2.30. The quantitative estimate of drug-likeness (QED) is 0.769. The number of aromatic nitrogens is 1. The van der Waals surface area contributed by atoms with Gasteiger partial charge >= 0.3 is 0 Å². The van der Waals surface area contributed by atoms with Crippen molar-refractivity contribution in [2.45, 2.75) is 4.90 Å². The van der Waals surface area contributed by atoms with E-state index in [9.17, 15) is 4.21 Å². The van der Waals surface area contributed by atoms with Crippen LogP contribution < -0.4 is 15.1 Å². The molecule has 2 aromatic carbocycles. The van der Waals surface area contributed by atoms with Gasteiger partial charge in [0.15, 0.2) is 11.0 Å². The molecule has 1 aromatic heterocycles. The Morgan fingerprint density at radius 2 is 1.81 bits per heavy atom. The molecule has 1 saturated heterocycles. The van der Waals surface area contributed by atoms with E-state index in [4.69, 9.17) is 0 Å². The molecule has 136 valence electrons. The summed E-state index contributed by atoms with van der Waals surface area (Å²) in [5.74, 6) is 0. The third-order valence-corrected chi connectivity index (χ3v) is 6.18. The Hall–Kier alpha value is -2.31. The van der Waals surface area contributed by atoms with Crippen LogP contribution in [-0.4, -0.2) is 48.5 Å². The van der Waals surface area contributed by atoms with Crippen LogP contribution in [0.2, 0.25) is 0 Å². The first-order valence-electron chi connectivity index (χ1n) is 8.90. The number of hydrogen-bond donors (Lipinski definition) is 1. The number of benzene rings is 2. The number of fused-ring (bicyclic) bond motifs is 1. The molecular weight excluding hydrogens is 344 g/mol. The minimum atomic E-state index is -1.27. The second kappa shape index (κ2) is 7.13. The summed E-state index contributed by atoms with van der Waals surface area (Å²) in [5.41, 5.74) is 3.28. The molecule has 1 fully saturated rings. The van der Waals surface area contributed by atoms with Crippen LogP contribution in [0, 0.1) is 0 Å². The van der Waals surface area contributed by atoms with Crippen molar-refractivity contribution < 1.29 is 4.21 Å². The van der Waals surface area contributed by atoms with Crippen molar-refractivity contribution >= 4 is 33.3 Å². The van der Waals surface area contributed by atoms with E-state index < -0.39 is 11.0 Å². The molecule has 4 rings (SSSR count). The van der Waals surface area contributed by atoms with Crippen LogP contribution in [0.4, 0.5) is 11.4 Å². The van der Waals surface area contributed by atoms with Crippen LogP contribution >= 0.6 is 0 Å². The van der Waals surface area contributed by atoms with Crippen molar-refractivity contribution in [1.29, 1.82) is 0 Å². The van der Waals surface area contributed by atoms with Gasteiger partial charge in [-0.2, -0.15) is 0 Å². The summed E-state index contributed by atoms with van der Waals surface area (Å²) in [4.78, 5) is 5.23. The largest absolute Gasteiger partial charge is 0.378 e. The Morgan fingerprint density at radius 1 is 1.04 bits per heavy atom. The molecule has 0 spiro atoms. The molecular formula is C20H24N4OS. The van der Waals surface area contributed by atoms with Crippen LogP contribution in [-0.2, 0) is 11.0 Å². The zero-order valence-electron chi connectivity index (χ0n) is 15.2. The normalized spacial score (nSPS) is 16.0. The van der Waals surface area contributed by atoms with Crippen molar-refractivity contribution in [2.24, 2.45) is 0 Å². The fraction of sp³-hybridized carbons (Fsp3) is 0.300. The fourth-order valence-electron chi connectivity index (χ4n) is 3.44. The van der Waals surface area contributed by atoms with E-state index in [-0.39, 0.29) is 0 Å². The zero-order chi connectivity index (χ0) is 18.1. The Labute approximate surface area is 156 Å². The first-order valence-corrected chi connectivity index (χ1v) is 10.0. The third-order valence-electron chi connectivity index (χ3n) is 4.85. The minimum Gasteiger partial charge on any atom is -0.378 e. The van der Waals surface area contributed by atoms with Gasteiger partial charge in [0.2, 0.25) is 0 Å². The standard InChI is InChI=1S/C20H24N4OS/c1-22(2)16-5-3-6-17(15-16)26(25)24-12-9-18-19(7-4-8-20(18)24)23-13-10-21-11-14-23/h3-9,12,15,21H,10-11,13-14H2,1-2H3. The highest BCUT2D eigenvalue weighted by Crippen LogP contribution is 2.30.